The molecule has 1 saturated heterocycles. The second kappa shape index (κ2) is 5.85. The van der Waals surface area contributed by atoms with Crippen molar-refractivity contribution in [2.75, 3.05) is 6.61 Å². The quantitative estimate of drug-likeness (QED) is 0.883. The zero-order chi connectivity index (χ0) is 12.3. The summed E-state index contributed by atoms with van der Waals surface area (Å²) in [6, 6.07) is 0. The van der Waals surface area contributed by atoms with Crippen LogP contribution in [-0.2, 0) is 11.3 Å². The van der Waals surface area contributed by atoms with Gasteiger partial charge in [-0.1, -0.05) is 11.6 Å². The molecule has 1 aromatic rings. The Morgan fingerprint density at radius 3 is 3.18 bits per heavy atom. The molecule has 1 aliphatic rings. The molecule has 0 saturated carbocycles. The molecule has 96 valence electrons. The van der Waals surface area contributed by atoms with Crippen LogP contribution < -0.4 is 0 Å². The lowest BCUT2D eigenvalue weighted by atomic mass is 10.1. The second-order valence-electron chi connectivity index (χ2n) is 4.42. The fraction of sp³-hybridized carbons (Fsp3) is 0.750. The third kappa shape index (κ3) is 3.00. The van der Waals surface area contributed by atoms with Crippen molar-refractivity contribution in [3.05, 3.63) is 16.9 Å². The minimum Gasteiger partial charge on any atom is -0.387 e. The first-order valence-electron chi connectivity index (χ1n) is 6.23. The van der Waals surface area contributed by atoms with Crippen molar-refractivity contribution >= 4 is 11.6 Å². The van der Waals surface area contributed by atoms with Crippen molar-refractivity contribution < 1.29 is 9.84 Å². The molecule has 1 aliphatic heterocycles. The maximum absolute atomic E-state index is 10.2. The average molecular weight is 259 g/mol. The van der Waals surface area contributed by atoms with E-state index in [2.05, 4.69) is 5.10 Å². The summed E-state index contributed by atoms with van der Waals surface area (Å²) in [5, 5.41) is 14.8. The van der Waals surface area contributed by atoms with Crippen molar-refractivity contribution in [3.63, 3.8) is 0 Å². The van der Waals surface area contributed by atoms with Gasteiger partial charge in [-0.3, -0.25) is 4.68 Å². The smallest absolute Gasteiger partial charge is 0.0972 e. The van der Waals surface area contributed by atoms with Gasteiger partial charge < -0.3 is 9.84 Å². The third-order valence-corrected chi connectivity index (χ3v) is 3.53. The molecule has 2 rings (SSSR count). The lowest BCUT2D eigenvalue weighted by molar-refractivity contribution is 0.0789. The van der Waals surface area contributed by atoms with E-state index in [0.717, 1.165) is 38.1 Å². The number of hydrogen-bond donors (Lipinski definition) is 1. The van der Waals surface area contributed by atoms with Gasteiger partial charge in [0.25, 0.3) is 0 Å². The molecule has 1 N–H and O–H groups in total. The van der Waals surface area contributed by atoms with Crippen LogP contribution in [0.4, 0.5) is 0 Å². The molecule has 0 amide bonds. The lowest BCUT2D eigenvalue weighted by Gasteiger charge is -2.15. The lowest BCUT2D eigenvalue weighted by Crippen LogP contribution is -2.12. The number of rotatable bonds is 5. The van der Waals surface area contributed by atoms with E-state index in [4.69, 9.17) is 16.3 Å². The Hall–Kier alpha value is -0.580. The second-order valence-corrected chi connectivity index (χ2v) is 4.83. The van der Waals surface area contributed by atoms with Crippen molar-refractivity contribution in [1.29, 1.82) is 0 Å². The van der Waals surface area contributed by atoms with Crippen LogP contribution in [0, 0.1) is 0 Å². The molecule has 2 unspecified atom stereocenters. The summed E-state index contributed by atoms with van der Waals surface area (Å²) in [5.74, 6) is 0. The fourth-order valence-corrected chi connectivity index (χ4v) is 2.57. The number of halogens is 1. The molecule has 0 aromatic carbocycles. The monoisotopic (exact) mass is 258 g/mol. The van der Waals surface area contributed by atoms with E-state index >= 15 is 0 Å². The summed E-state index contributed by atoms with van der Waals surface area (Å²) in [4.78, 5) is 0. The molecule has 0 bridgehead atoms. The molecule has 1 aromatic heterocycles. The minimum atomic E-state index is -0.547. The molecular formula is C12H19ClN2O2. The maximum Gasteiger partial charge on any atom is 0.0972 e. The Bertz CT molecular complexity index is 361. The van der Waals surface area contributed by atoms with E-state index in [1.807, 2.05) is 6.92 Å². The van der Waals surface area contributed by atoms with E-state index in [1.54, 1.807) is 10.9 Å². The van der Waals surface area contributed by atoms with Crippen molar-refractivity contribution in [1.82, 2.24) is 9.78 Å². The first-order chi connectivity index (χ1) is 8.22. The highest BCUT2D eigenvalue weighted by Gasteiger charge is 2.21. The van der Waals surface area contributed by atoms with E-state index in [-0.39, 0.29) is 0 Å². The Balaban J connectivity index is 1.93. The highest BCUT2D eigenvalue weighted by Crippen LogP contribution is 2.28. The number of aryl methyl sites for hydroxylation is 1. The van der Waals surface area contributed by atoms with Crippen LogP contribution in [-0.4, -0.2) is 27.6 Å². The summed E-state index contributed by atoms with van der Waals surface area (Å²) in [5.41, 5.74) is 0.729. The molecule has 0 radical (unpaired) electrons. The van der Waals surface area contributed by atoms with Crippen molar-refractivity contribution in [2.45, 2.75) is 51.4 Å². The van der Waals surface area contributed by atoms with Gasteiger partial charge in [0.15, 0.2) is 0 Å². The van der Waals surface area contributed by atoms with Gasteiger partial charge in [-0.15, -0.1) is 0 Å². The largest absolute Gasteiger partial charge is 0.387 e. The van der Waals surface area contributed by atoms with Crippen molar-refractivity contribution in [3.8, 4) is 0 Å². The highest BCUT2D eigenvalue weighted by molar-refractivity contribution is 6.31. The predicted molar refractivity (Wildman–Crippen MR) is 66.1 cm³/mol. The zero-order valence-corrected chi connectivity index (χ0v) is 10.9. The molecule has 2 atom stereocenters. The fourth-order valence-electron chi connectivity index (χ4n) is 2.31. The van der Waals surface area contributed by atoms with Gasteiger partial charge in [-0.05, 0) is 32.6 Å². The highest BCUT2D eigenvalue weighted by atomic mass is 35.5. The summed E-state index contributed by atoms with van der Waals surface area (Å²) in [6.07, 6.45) is 5.15. The average Bonchev–Trinajstić information content (AvgIpc) is 2.94. The molecule has 17 heavy (non-hydrogen) atoms. The zero-order valence-electron chi connectivity index (χ0n) is 10.1. The van der Waals surface area contributed by atoms with E-state index in [1.165, 1.54) is 0 Å². The number of aliphatic hydroxyl groups is 1. The summed E-state index contributed by atoms with van der Waals surface area (Å²) in [6.45, 7) is 3.56. The first-order valence-corrected chi connectivity index (χ1v) is 6.61. The Kier molecular flexibility index (Phi) is 4.42. The molecule has 1 fully saturated rings. The van der Waals surface area contributed by atoms with Crippen LogP contribution in [0.2, 0.25) is 5.02 Å². The van der Waals surface area contributed by atoms with Crippen LogP contribution in [0.25, 0.3) is 0 Å². The summed E-state index contributed by atoms with van der Waals surface area (Å²) in [7, 11) is 0. The summed E-state index contributed by atoms with van der Waals surface area (Å²) < 4.78 is 7.29. The number of aromatic nitrogens is 2. The molecule has 0 aliphatic carbocycles. The molecule has 2 heterocycles. The van der Waals surface area contributed by atoms with Gasteiger partial charge in [0.2, 0.25) is 0 Å². The van der Waals surface area contributed by atoms with Gasteiger partial charge in [0.05, 0.1) is 29.1 Å². The number of hydrogen-bond acceptors (Lipinski definition) is 3. The van der Waals surface area contributed by atoms with Gasteiger partial charge in [0.1, 0.15) is 0 Å². The Morgan fingerprint density at radius 2 is 2.53 bits per heavy atom. The van der Waals surface area contributed by atoms with E-state index < -0.39 is 6.10 Å². The minimum absolute atomic E-state index is 0.307. The van der Waals surface area contributed by atoms with E-state index in [9.17, 15) is 5.11 Å². The third-order valence-electron chi connectivity index (χ3n) is 3.23. The van der Waals surface area contributed by atoms with E-state index in [0.29, 0.717) is 17.5 Å². The van der Waals surface area contributed by atoms with Crippen LogP contribution in [0.15, 0.2) is 6.20 Å². The number of aliphatic hydroxyl groups excluding tert-OH is 1. The molecule has 5 heteroatoms. The standard InChI is InChI=1S/C12H19ClN2O2/c1-2-15-12(10(13)8-14-15)11(16)6-5-9-4-3-7-17-9/h8-9,11,16H,2-7H2,1H3. The van der Waals surface area contributed by atoms with Crippen LogP contribution >= 0.6 is 11.6 Å². The number of ether oxygens (including phenoxy) is 1. The van der Waals surface area contributed by atoms with Gasteiger partial charge in [-0.2, -0.15) is 5.10 Å². The van der Waals surface area contributed by atoms with Gasteiger partial charge in [-0.25, -0.2) is 0 Å². The summed E-state index contributed by atoms with van der Waals surface area (Å²) >= 11 is 6.04. The van der Waals surface area contributed by atoms with Crippen LogP contribution in [0.3, 0.4) is 0 Å². The van der Waals surface area contributed by atoms with Gasteiger partial charge in [0, 0.05) is 13.2 Å². The normalized spacial score (nSPS) is 21.9. The Morgan fingerprint density at radius 1 is 1.71 bits per heavy atom. The SMILES string of the molecule is CCn1ncc(Cl)c1C(O)CCC1CCCO1. The maximum atomic E-state index is 10.2. The topological polar surface area (TPSA) is 47.3 Å². The van der Waals surface area contributed by atoms with Gasteiger partial charge >= 0.3 is 0 Å². The van der Waals surface area contributed by atoms with Crippen LogP contribution in [0.5, 0.6) is 0 Å². The molecular weight excluding hydrogens is 240 g/mol. The van der Waals surface area contributed by atoms with Crippen molar-refractivity contribution in [2.24, 2.45) is 0 Å². The molecule has 4 nitrogen and oxygen atoms in total. The Labute approximate surface area is 107 Å². The molecule has 0 spiro atoms. The number of nitrogens with zero attached hydrogens (tertiary/aromatic N) is 2. The van der Waals surface area contributed by atoms with Crippen LogP contribution in [0.1, 0.15) is 44.4 Å². The first kappa shape index (κ1) is 12.9. The predicted octanol–water partition coefficient (Wildman–Crippen LogP) is 2.55.